The van der Waals surface area contributed by atoms with E-state index in [0.29, 0.717) is 11.3 Å². The minimum absolute atomic E-state index is 0.0320. The highest BCUT2D eigenvalue weighted by atomic mass is 35.5. The molecule has 5 heterocycles. The molecule has 7 rings (SSSR count). The average molecular weight is 769 g/mol. The predicted octanol–water partition coefficient (Wildman–Crippen LogP) is 5.51. The van der Waals surface area contributed by atoms with Gasteiger partial charge in [0.15, 0.2) is 11.5 Å². The van der Waals surface area contributed by atoms with Gasteiger partial charge in [0.1, 0.15) is 17.9 Å². The van der Waals surface area contributed by atoms with E-state index in [0.717, 1.165) is 33.2 Å². The van der Waals surface area contributed by atoms with Crippen LogP contribution in [0.25, 0.3) is 17.2 Å². The summed E-state index contributed by atoms with van der Waals surface area (Å²) in [6.45, 7) is 1.82. The van der Waals surface area contributed by atoms with E-state index >= 15 is 0 Å². The first kappa shape index (κ1) is 36.4. The van der Waals surface area contributed by atoms with Crippen LogP contribution >= 0.6 is 23.5 Å². The molecule has 0 saturated carbocycles. The van der Waals surface area contributed by atoms with E-state index in [1.54, 1.807) is 11.9 Å². The number of piperidine rings is 1. The maximum absolute atomic E-state index is 14.4. The molecule has 3 aromatic heterocycles. The molecular weight excluding hydrogens is 737 g/mol. The van der Waals surface area contributed by atoms with Crippen LogP contribution in [0, 0.1) is 6.92 Å². The SMILES string of the molecule is Cc1cc(-c2nc3n(CC(=O)Nc4ccc(C(F)(F)F)cc4Cl)c4c(c(=O)n3n2)C2(CCN(C(=O)c3ncccc3O)CC2)OC4)ccc1SN(C)C. The Morgan fingerprint density at radius 2 is 1.89 bits per heavy atom. The molecule has 0 radical (unpaired) electrons. The van der Waals surface area contributed by atoms with Gasteiger partial charge in [0.05, 0.1) is 34.1 Å². The lowest BCUT2D eigenvalue weighted by atomic mass is 9.85. The minimum atomic E-state index is -4.62. The molecule has 1 fully saturated rings. The van der Waals surface area contributed by atoms with Crippen LogP contribution in [0.1, 0.15) is 45.7 Å². The fourth-order valence-electron chi connectivity index (χ4n) is 6.67. The van der Waals surface area contributed by atoms with E-state index in [-0.39, 0.29) is 71.9 Å². The van der Waals surface area contributed by atoms with E-state index in [1.807, 2.05) is 43.5 Å². The molecule has 2 aliphatic rings. The Hall–Kier alpha value is -4.97. The molecule has 13 nitrogen and oxygen atoms in total. The zero-order valence-corrected chi connectivity index (χ0v) is 30.1. The van der Waals surface area contributed by atoms with Crippen molar-refractivity contribution in [1.29, 1.82) is 0 Å². The van der Waals surface area contributed by atoms with Gasteiger partial charge in [0.2, 0.25) is 11.7 Å². The largest absolute Gasteiger partial charge is 0.505 e. The molecule has 0 bridgehead atoms. The Bertz CT molecular complexity index is 2340. The number of aromatic hydroxyl groups is 1. The molecule has 0 aliphatic carbocycles. The molecule has 2 amide bonds. The predicted molar refractivity (Wildman–Crippen MR) is 190 cm³/mol. The third-order valence-electron chi connectivity index (χ3n) is 9.23. The van der Waals surface area contributed by atoms with E-state index < -0.39 is 41.3 Å². The van der Waals surface area contributed by atoms with Crippen LogP contribution in [0.15, 0.2) is 64.4 Å². The number of aryl methyl sites for hydroxylation is 1. The highest BCUT2D eigenvalue weighted by Crippen LogP contribution is 2.43. The molecule has 5 aromatic rings. The molecule has 0 atom stereocenters. The van der Waals surface area contributed by atoms with E-state index in [2.05, 4.69) is 15.4 Å². The number of ether oxygens (including phenoxy) is 1. The standard InChI is InChI=1S/C35H32ClF3N8O5S/c1-19-15-20(6-9-26(19)53-44(2)3)30-42-33-46(17-27(49)41-23-8-7-21(16-22(23)36)35(37,38)39)24-18-52-34(28(24)31(50)47(33)43-30)10-13-45(14-11-34)32(51)29-25(48)5-4-12-40-29/h4-9,12,15-16,48H,10-11,13-14,17-18H2,1-3H3,(H,41,49). The summed E-state index contributed by atoms with van der Waals surface area (Å²) < 4.78 is 50.7. The fourth-order valence-corrected chi connectivity index (χ4v) is 7.62. The van der Waals surface area contributed by atoms with Crippen LogP contribution in [0.4, 0.5) is 18.9 Å². The topological polar surface area (TPSA) is 147 Å². The van der Waals surface area contributed by atoms with Gasteiger partial charge in [0, 0.05) is 29.7 Å². The lowest BCUT2D eigenvalue weighted by Crippen LogP contribution is -2.47. The number of amides is 2. The number of rotatable bonds is 7. The van der Waals surface area contributed by atoms with Crippen LogP contribution in [0.3, 0.4) is 0 Å². The van der Waals surface area contributed by atoms with E-state index in [9.17, 15) is 32.7 Å². The summed E-state index contributed by atoms with van der Waals surface area (Å²) in [5.74, 6) is -1.07. The van der Waals surface area contributed by atoms with Crippen LogP contribution in [-0.2, 0) is 34.5 Å². The lowest BCUT2D eigenvalue weighted by molar-refractivity contribution is -0.137. The number of benzene rings is 2. The monoisotopic (exact) mass is 768 g/mol. The number of halogens is 4. The average Bonchev–Trinajstić information content (AvgIpc) is 3.71. The second kappa shape index (κ2) is 13.8. The van der Waals surface area contributed by atoms with Crippen molar-refractivity contribution in [3.63, 3.8) is 0 Å². The van der Waals surface area contributed by atoms with E-state index in [1.165, 1.54) is 27.8 Å². The Kier molecular flexibility index (Phi) is 9.46. The van der Waals surface area contributed by atoms with Gasteiger partial charge in [-0.15, -0.1) is 5.10 Å². The number of anilines is 1. The van der Waals surface area contributed by atoms with Crippen molar-refractivity contribution in [2.45, 2.75) is 49.6 Å². The first-order chi connectivity index (χ1) is 25.1. The number of carbonyl (C=O) groups is 2. The van der Waals surface area contributed by atoms with Crippen LogP contribution in [-0.4, -0.2) is 77.5 Å². The van der Waals surface area contributed by atoms with Gasteiger partial charge < -0.3 is 24.6 Å². The third-order valence-corrected chi connectivity index (χ3v) is 10.6. The number of hydrogen-bond acceptors (Lipinski definition) is 10. The van der Waals surface area contributed by atoms with Gasteiger partial charge in [-0.05, 0) is 99.9 Å². The highest BCUT2D eigenvalue weighted by Gasteiger charge is 2.48. The van der Waals surface area contributed by atoms with Crippen molar-refractivity contribution in [3.8, 4) is 17.1 Å². The van der Waals surface area contributed by atoms with Gasteiger partial charge >= 0.3 is 6.18 Å². The number of alkyl halides is 3. The molecule has 53 heavy (non-hydrogen) atoms. The molecule has 1 spiro atoms. The van der Waals surface area contributed by atoms with Crippen molar-refractivity contribution in [2.24, 2.45) is 0 Å². The first-order valence-electron chi connectivity index (χ1n) is 16.4. The Balaban J connectivity index is 1.27. The summed E-state index contributed by atoms with van der Waals surface area (Å²) >= 11 is 7.68. The molecule has 1 saturated heterocycles. The summed E-state index contributed by atoms with van der Waals surface area (Å²) in [6.07, 6.45) is -2.77. The zero-order chi connectivity index (χ0) is 37.8. The summed E-state index contributed by atoms with van der Waals surface area (Å²) in [5, 5.41) is 17.1. The molecule has 0 unspecified atom stereocenters. The number of nitrogens with one attached hydrogen (secondary N) is 1. The second-order valence-corrected chi connectivity index (χ2v) is 14.7. The summed E-state index contributed by atoms with van der Waals surface area (Å²) in [7, 11) is 3.86. The van der Waals surface area contributed by atoms with Gasteiger partial charge in [-0.3, -0.25) is 18.7 Å². The quantitative estimate of drug-likeness (QED) is 0.203. The lowest BCUT2D eigenvalue weighted by Gasteiger charge is -2.38. The van der Waals surface area contributed by atoms with Crippen molar-refractivity contribution < 1.29 is 32.6 Å². The number of likely N-dealkylation sites (tertiary alicyclic amines) is 1. The normalized spacial score (nSPS) is 15.4. The van der Waals surface area contributed by atoms with Crippen molar-refractivity contribution in [3.05, 3.63) is 98.2 Å². The highest BCUT2D eigenvalue weighted by molar-refractivity contribution is 7.97. The Morgan fingerprint density at radius 3 is 2.55 bits per heavy atom. The van der Waals surface area contributed by atoms with Crippen molar-refractivity contribution >= 4 is 46.8 Å². The molecule has 2 aliphatic heterocycles. The Morgan fingerprint density at radius 1 is 1.13 bits per heavy atom. The minimum Gasteiger partial charge on any atom is -0.505 e. The van der Waals surface area contributed by atoms with E-state index in [4.69, 9.17) is 21.3 Å². The number of pyridine rings is 1. The van der Waals surface area contributed by atoms with Crippen LogP contribution < -0.4 is 10.9 Å². The molecule has 2 aromatic carbocycles. The number of nitrogens with zero attached hydrogens (tertiary/aromatic N) is 7. The van der Waals surface area contributed by atoms with Gasteiger partial charge in [0.25, 0.3) is 11.5 Å². The fraction of sp³-hybridized carbons (Fsp3) is 0.314. The molecule has 2 N–H and O–H groups in total. The van der Waals surface area contributed by atoms with Crippen LogP contribution in [0.2, 0.25) is 5.02 Å². The van der Waals surface area contributed by atoms with Gasteiger partial charge in [-0.25, -0.2) is 4.98 Å². The molecule has 18 heteroatoms. The third kappa shape index (κ3) is 6.85. The second-order valence-electron chi connectivity index (χ2n) is 12.9. The summed E-state index contributed by atoms with van der Waals surface area (Å²) in [6, 6.07) is 11.2. The number of aromatic nitrogens is 5. The van der Waals surface area contributed by atoms with Crippen molar-refractivity contribution in [2.75, 3.05) is 32.5 Å². The maximum atomic E-state index is 14.4. The number of carbonyl (C=O) groups excluding carboxylic acids is 2. The number of fused-ring (bicyclic) bond motifs is 3. The zero-order valence-electron chi connectivity index (χ0n) is 28.6. The molecule has 276 valence electrons. The van der Waals surface area contributed by atoms with Crippen molar-refractivity contribution in [1.82, 2.24) is 33.4 Å². The molecular formula is C35H32ClF3N8O5S. The number of hydrogen-bond donors (Lipinski definition) is 2. The maximum Gasteiger partial charge on any atom is 0.416 e. The van der Waals surface area contributed by atoms with Gasteiger partial charge in [-0.1, -0.05) is 11.6 Å². The smallest absolute Gasteiger partial charge is 0.416 e. The Labute approximate surface area is 309 Å². The summed E-state index contributed by atoms with van der Waals surface area (Å²) in [4.78, 5) is 52.4. The summed E-state index contributed by atoms with van der Waals surface area (Å²) in [5.41, 5.74) is -0.468. The first-order valence-corrected chi connectivity index (χ1v) is 17.5. The van der Waals surface area contributed by atoms with Crippen LogP contribution in [0.5, 0.6) is 5.75 Å². The van der Waals surface area contributed by atoms with Gasteiger partial charge in [-0.2, -0.15) is 22.7 Å².